The fourth-order valence-corrected chi connectivity index (χ4v) is 4.23. The quantitative estimate of drug-likeness (QED) is 0.882. The van der Waals surface area contributed by atoms with E-state index in [0.717, 1.165) is 0 Å². The second-order valence-corrected chi connectivity index (χ2v) is 7.34. The Morgan fingerprint density at radius 1 is 1.56 bits per heavy atom. The van der Waals surface area contributed by atoms with Gasteiger partial charge in [-0.05, 0) is 25.5 Å². The van der Waals surface area contributed by atoms with E-state index in [0.29, 0.717) is 11.4 Å². The summed E-state index contributed by atoms with van der Waals surface area (Å²) in [4.78, 5) is 15.8. The predicted molar refractivity (Wildman–Crippen MR) is 68.4 cm³/mol. The maximum Gasteiger partial charge on any atom is 0.270 e. The van der Waals surface area contributed by atoms with Gasteiger partial charge < -0.3 is 5.32 Å². The standard InChI is InChI=1S/C11H13ClN2O3S/c1-11(3-5-18(16,17)7-11)14-10(15)9-6-8(12)2-4-13-9/h2,4,6H,3,5,7H2,1H3,(H,14,15)/t11-/m0/s1. The molecule has 1 N–H and O–H groups in total. The highest BCUT2D eigenvalue weighted by Gasteiger charge is 2.39. The molecule has 18 heavy (non-hydrogen) atoms. The number of amides is 1. The normalized spacial score (nSPS) is 25.9. The minimum atomic E-state index is -3.05. The van der Waals surface area contributed by atoms with Gasteiger partial charge in [0.1, 0.15) is 5.69 Å². The largest absolute Gasteiger partial charge is 0.344 e. The van der Waals surface area contributed by atoms with Gasteiger partial charge in [0.15, 0.2) is 9.84 Å². The third kappa shape index (κ3) is 3.00. The van der Waals surface area contributed by atoms with E-state index in [-0.39, 0.29) is 17.2 Å². The molecule has 1 aromatic rings. The molecule has 2 heterocycles. The molecule has 1 aliphatic heterocycles. The Morgan fingerprint density at radius 2 is 2.28 bits per heavy atom. The molecule has 1 atom stereocenters. The van der Waals surface area contributed by atoms with E-state index in [1.54, 1.807) is 13.0 Å². The van der Waals surface area contributed by atoms with Gasteiger partial charge in [-0.2, -0.15) is 0 Å². The fourth-order valence-electron chi connectivity index (χ4n) is 1.98. The van der Waals surface area contributed by atoms with Gasteiger partial charge >= 0.3 is 0 Å². The van der Waals surface area contributed by atoms with Crippen LogP contribution in [0, 0.1) is 0 Å². The highest BCUT2D eigenvalue weighted by Crippen LogP contribution is 2.23. The summed E-state index contributed by atoms with van der Waals surface area (Å²) in [5, 5.41) is 3.13. The SMILES string of the molecule is C[C@]1(NC(=O)c2cc(Cl)ccn2)CCS(=O)(=O)C1. The molecule has 1 saturated heterocycles. The van der Waals surface area contributed by atoms with Gasteiger partial charge in [-0.25, -0.2) is 8.42 Å². The lowest BCUT2D eigenvalue weighted by atomic mass is 10.0. The van der Waals surface area contributed by atoms with Crippen molar-refractivity contribution < 1.29 is 13.2 Å². The van der Waals surface area contributed by atoms with Crippen molar-refractivity contribution in [2.24, 2.45) is 0 Å². The van der Waals surface area contributed by atoms with Crippen LogP contribution in [-0.2, 0) is 9.84 Å². The molecule has 7 heteroatoms. The molecule has 0 spiro atoms. The van der Waals surface area contributed by atoms with Crippen molar-refractivity contribution in [3.63, 3.8) is 0 Å². The number of nitrogens with zero attached hydrogens (tertiary/aromatic N) is 1. The van der Waals surface area contributed by atoms with Crippen LogP contribution in [0.15, 0.2) is 18.3 Å². The average Bonchev–Trinajstić information content (AvgIpc) is 2.52. The minimum Gasteiger partial charge on any atom is -0.344 e. The van der Waals surface area contributed by atoms with Crippen LogP contribution >= 0.6 is 11.6 Å². The monoisotopic (exact) mass is 288 g/mol. The minimum absolute atomic E-state index is 0.0354. The van der Waals surface area contributed by atoms with Crippen LogP contribution < -0.4 is 5.32 Å². The Labute approximate surface area is 110 Å². The van der Waals surface area contributed by atoms with Gasteiger partial charge in [-0.3, -0.25) is 9.78 Å². The molecule has 0 radical (unpaired) electrons. The zero-order chi connectivity index (χ0) is 13.4. The van der Waals surface area contributed by atoms with Gasteiger partial charge in [0.25, 0.3) is 5.91 Å². The highest BCUT2D eigenvalue weighted by atomic mass is 35.5. The van der Waals surface area contributed by atoms with Crippen molar-refractivity contribution in [3.05, 3.63) is 29.0 Å². The summed E-state index contributed by atoms with van der Waals surface area (Å²) in [6.07, 6.45) is 1.85. The Balaban J connectivity index is 2.13. The molecule has 5 nitrogen and oxygen atoms in total. The number of pyridine rings is 1. The highest BCUT2D eigenvalue weighted by molar-refractivity contribution is 7.91. The number of rotatable bonds is 2. The molecule has 0 aliphatic carbocycles. The van der Waals surface area contributed by atoms with Crippen LogP contribution in [0.3, 0.4) is 0 Å². The lowest BCUT2D eigenvalue weighted by Gasteiger charge is -2.23. The maximum absolute atomic E-state index is 11.9. The summed E-state index contributed by atoms with van der Waals surface area (Å²) in [5.41, 5.74) is -0.534. The summed E-state index contributed by atoms with van der Waals surface area (Å²) >= 11 is 5.77. The van der Waals surface area contributed by atoms with Crippen molar-refractivity contribution in [2.45, 2.75) is 18.9 Å². The first-order valence-corrected chi connectivity index (χ1v) is 7.64. The third-order valence-corrected chi connectivity index (χ3v) is 5.01. The summed E-state index contributed by atoms with van der Waals surface area (Å²) < 4.78 is 22.9. The molecule has 1 aliphatic rings. The Morgan fingerprint density at radius 3 is 2.83 bits per heavy atom. The molecule has 0 saturated carbocycles. The van der Waals surface area contributed by atoms with Crippen LogP contribution in [0.2, 0.25) is 5.02 Å². The van der Waals surface area contributed by atoms with Crippen molar-refractivity contribution >= 4 is 27.3 Å². The molecule has 0 aromatic carbocycles. The molecule has 1 fully saturated rings. The second-order valence-electron chi connectivity index (χ2n) is 4.72. The number of carbonyl (C=O) groups is 1. The van der Waals surface area contributed by atoms with E-state index in [1.807, 2.05) is 0 Å². The van der Waals surface area contributed by atoms with Crippen LogP contribution in [0.1, 0.15) is 23.8 Å². The van der Waals surface area contributed by atoms with Gasteiger partial charge in [0, 0.05) is 11.2 Å². The number of halogens is 1. The Kier molecular flexibility index (Phi) is 3.33. The first kappa shape index (κ1) is 13.3. The fraction of sp³-hybridized carbons (Fsp3) is 0.455. The van der Waals surface area contributed by atoms with E-state index in [1.165, 1.54) is 12.3 Å². The van der Waals surface area contributed by atoms with E-state index in [2.05, 4.69) is 10.3 Å². The maximum atomic E-state index is 11.9. The topological polar surface area (TPSA) is 76.1 Å². The number of hydrogen-bond acceptors (Lipinski definition) is 4. The number of sulfone groups is 1. The van der Waals surface area contributed by atoms with Gasteiger partial charge in [0.2, 0.25) is 0 Å². The van der Waals surface area contributed by atoms with Crippen molar-refractivity contribution in [2.75, 3.05) is 11.5 Å². The van der Waals surface area contributed by atoms with Crippen molar-refractivity contribution in [1.29, 1.82) is 0 Å². The van der Waals surface area contributed by atoms with Crippen molar-refractivity contribution in [3.8, 4) is 0 Å². The van der Waals surface area contributed by atoms with E-state index in [9.17, 15) is 13.2 Å². The van der Waals surface area contributed by atoms with Crippen molar-refractivity contribution in [1.82, 2.24) is 10.3 Å². The smallest absolute Gasteiger partial charge is 0.270 e. The molecule has 2 rings (SSSR count). The number of aromatic nitrogens is 1. The molecule has 1 aromatic heterocycles. The summed E-state index contributed by atoms with van der Waals surface area (Å²) in [6.45, 7) is 1.72. The summed E-state index contributed by atoms with van der Waals surface area (Å²) in [5.74, 6) is -0.337. The Bertz CT molecular complexity index is 588. The number of nitrogens with one attached hydrogen (secondary N) is 1. The van der Waals surface area contributed by atoms with Crippen LogP contribution in [0.5, 0.6) is 0 Å². The molecular formula is C11H13ClN2O3S. The average molecular weight is 289 g/mol. The van der Waals surface area contributed by atoms with Crippen LogP contribution in [-0.4, -0.2) is 36.4 Å². The lowest BCUT2D eigenvalue weighted by molar-refractivity contribution is 0.0910. The molecular weight excluding hydrogens is 276 g/mol. The van der Waals surface area contributed by atoms with E-state index >= 15 is 0 Å². The Hall–Kier alpha value is -1.14. The van der Waals surface area contributed by atoms with Crippen LogP contribution in [0.4, 0.5) is 0 Å². The summed E-state index contributed by atoms with van der Waals surface area (Å²) in [6, 6.07) is 3.02. The van der Waals surface area contributed by atoms with E-state index < -0.39 is 21.3 Å². The lowest BCUT2D eigenvalue weighted by Crippen LogP contribution is -2.47. The molecule has 0 unspecified atom stereocenters. The predicted octanol–water partition coefficient (Wildman–Crippen LogP) is 1.04. The van der Waals surface area contributed by atoms with Gasteiger partial charge in [0.05, 0.1) is 17.0 Å². The second kappa shape index (κ2) is 4.51. The third-order valence-electron chi connectivity index (χ3n) is 2.87. The zero-order valence-corrected chi connectivity index (χ0v) is 11.4. The van der Waals surface area contributed by atoms with Gasteiger partial charge in [-0.15, -0.1) is 0 Å². The van der Waals surface area contributed by atoms with E-state index in [4.69, 9.17) is 11.6 Å². The molecule has 0 bridgehead atoms. The first-order chi connectivity index (χ1) is 8.30. The first-order valence-electron chi connectivity index (χ1n) is 5.44. The number of hydrogen-bond donors (Lipinski definition) is 1. The summed E-state index contributed by atoms with van der Waals surface area (Å²) in [7, 11) is -3.05. The van der Waals surface area contributed by atoms with Crippen LogP contribution in [0.25, 0.3) is 0 Å². The number of carbonyl (C=O) groups excluding carboxylic acids is 1. The molecule has 98 valence electrons. The molecule has 1 amide bonds. The zero-order valence-electron chi connectivity index (χ0n) is 9.81. The van der Waals surface area contributed by atoms with Gasteiger partial charge in [-0.1, -0.05) is 11.6 Å².